The quantitative estimate of drug-likeness (QED) is 0.711. The van der Waals surface area contributed by atoms with Crippen molar-refractivity contribution in [2.24, 2.45) is 17.8 Å². The van der Waals surface area contributed by atoms with Crippen LogP contribution in [0.5, 0.6) is 0 Å². The van der Waals surface area contributed by atoms with Crippen LogP contribution in [0.25, 0.3) is 0 Å². The largest absolute Gasteiger partial charge is 0.367 e. The van der Waals surface area contributed by atoms with Gasteiger partial charge in [-0.3, -0.25) is 0 Å². The van der Waals surface area contributed by atoms with E-state index in [2.05, 4.69) is 58.1 Å². The molecule has 4 bridgehead atoms. The summed E-state index contributed by atoms with van der Waals surface area (Å²) in [6, 6.07) is 0. The first-order valence-electron chi connectivity index (χ1n) is 7.93. The summed E-state index contributed by atoms with van der Waals surface area (Å²) in [5, 5.41) is 0. The van der Waals surface area contributed by atoms with Gasteiger partial charge in [-0.25, -0.2) is 0 Å². The molecular formula is C18H26O2. The Balaban J connectivity index is 0.000000121. The van der Waals surface area contributed by atoms with E-state index in [4.69, 9.17) is 9.47 Å². The van der Waals surface area contributed by atoms with E-state index in [1.807, 2.05) is 0 Å². The molecule has 110 valence electrons. The second-order valence-corrected chi connectivity index (χ2v) is 6.90. The van der Waals surface area contributed by atoms with Crippen molar-refractivity contribution in [1.82, 2.24) is 0 Å². The van der Waals surface area contributed by atoms with Gasteiger partial charge < -0.3 is 9.47 Å². The molecule has 0 amide bonds. The van der Waals surface area contributed by atoms with Crippen molar-refractivity contribution in [3.8, 4) is 0 Å². The molecule has 4 heterocycles. The molecule has 0 aromatic heterocycles. The predicted octanol–water partition coefficient (Wildman–Crippen LogP) is 3.89. The average molecular weight is 274 g/mol. The predicted molar refractivity (Wildman–Crippen MR) is 81.5 cm³/mol. The van der Waals surface area contributed by atoms with E-state index in [9.17, 15) is 0 Å². The normalized spacial score (nSPS) is 39.7. The Morgan fingerprint density at radius 1 is 1.00 bits per heavy atom. The summed E-state index contributed by atoms with van der Waals surface area (Å²) in [6.45, 7) is 8.98. The van der Waals surface area contributed by atoms with Gasteiger partial charge in [0.1, 0.15) is 0 Å². The second-order valence-electron chi connectivity index (χ2n) is 6.90. The van der Waals surface area contributed by atoms with Crippen LogP contribution in [0.3, 0.4) is 0 Å². The zero-order valence-corrected chi connectivity index (χ0v) is 13.0. The molecule has 0 saturated carbocycles. The molecule has 1 fully saturated rings. The molecule has 0 radical (unpaired) electrons. The average Bonchev–Trinajstić information content (AvgIpc) is 3.18. The molecule has 2 heteroatoms. The Kier molecular flexibility index (Phi) is 3.87. The van der Waals surface area contributed by atoms with Crippen LogP contribution in [-0.2, 0) is 9.47 Å². The van der Waals surface area contributed by atoms with E-state index in [-0.39, 0.29) is 0 Å². The van der Waals surface area contributed by atoms with Crippen LogP contribution in [-0.4, -0.2) is 24.4 Å². The monoisotopic (exact) mass is 274 g/mol. The van der Waals surface area contributed by atoms with E-state index in [1.165, 1.54) is 12.0 Å². The summed E-state index contributed by atoms with van der Waals surface area (Å²) < 4.78 is 11.2. The molecule has 4 rings (SSSR count). The van der Waals surface area contributed by atoms with Gasteiger partial charge in [0.2, 0.25) is 0 Å². The third-order valence-electron chi connectivity index (χ3n) is 4.76. The molecule has 5 unspecified atom stereocenters. The maximum Gasteiger partial charge on any atom is 0.0983 e. The molecule has 2 nitrogen and oxygen atoms in total. The van der Waals surface area contributed by atoms with Gasteiger partial charge in [-0.05, 0) is 35.8 Å². The minimum Gasteiger partial charge on any atom is -0.367 e. The molecule has 1 saturated heterocycles. The SMILES string of the molecule is CC(C)C1=CC2C=CC1O2.CC(C)C1CC2C=CC1O2. The van der Waals surface area contributed by atoms with Crippen molar-refractivity contribution in [2.45, 2.75) is 58.5 Å². The minimum absolute atomic E-state index is 0.294. The summed E-state index contributed by atoms with van der Waals surface area (Å²) in [6.07, 6.45) is 13.7. The first-order chi connectivity index (χ1) is 9.54. The van der Waals surface area contributed by atoms with E-state index in [0.29, 0.717) is 30.3 Å². The fourth-order valence-electron chi connectivity index (χ4n) is 3.52. The molecule has 0 aliphatic carbocycles. The van der Waals surface area contributed by atoms with Gasteiger partial charge in [0.25, 0.3) is 0 Å². The van der Waals surface area contributed by atoms with Crippen molar-refractivity contribution in [2.75, 3.05) is 0 Å². The smallest absolute Gasteiger partial charge is 0.0983 e. The molecule has 0 aromatic rings. The fourth-order valence-corrected chi connectivity index (χ4v) is 3.52. The van der Waals surface area contributed by atoms with Crippen LogP contribution in [0.15, 0.2) is 36.0 Å². The van der Waals surface area contributed by atoms with Crippen molar-refractivity contribution in [3.05, 3.63) is 36.0 Å². The highest BCUT2D eigenvalue weighted by Gasteiger charge is 2.37. The van der Waals surface area contributed by atoms with Crippen molar-refractivity contribution in [1.29, 1.82) is 0 Å². The second kappa shape index (κ2) is 5.50. The standard InChI is InChI=1S/C9H14O.C9H12O/c2*1-6(2)8-5-7-3-4-9(8)10-7/h3-4,6-9H,5H2,1-2H3;3-7,9H,1-2H3. The highest BCUT2D eigenvalue weighted by molar-refractivity contribution is 5.32. The Hall–Kier alpha value is -0.860. The molecule has 4 aliphatic rings. The number of fused-ring (bicyclic) bond motifs is 4. The Bertz CT molecular complexity index is 442. The van der Waals surface area contributed by atoms with E-state index in [0.717, 1.165) is 11.8 Å². The third-order valence-corrected chi connectivity index (χ3v) is 4.76. The first-order valence-corrected chi connectivity index (χ1v) is 7.93. The highest BCUT2D eigenvalue weighted by Crippen LogP contribution is 2.37. The lowest BCUT2D eigenvalue weighted by molar-refractivity contribution is 0.101. The molecule has 0 N–H and O–H groups in total. The summed E-state index contributed by atoms with van der Waals surface area (Å²) >= 11 is 0. The van der Waals surface area contributed by atoms with Crippen molar-refractivity contribution < 1.29 is 9.47 Å². The van der Waals surface area contributed by atoms with Gasteiger partial charge in [-0.2, -0.15) is 0 Å². The Morgan fingerprint density at radius 3 is 2.10 bits per heavy atom. The summed E-state index contributed by atoms with van der Waals surface area (Å²) in [4.78, 5) is 0. The van der Waals surface area contributed by atoms with Crippen LogP contribution >= 0.6 is 0 Å². The lowest BCUT2D eigenvalue weighted by atomic mass is 9.85. The summed E-state index contributed by atoms with van der Waals surface area (Å²) in [7, 11) is 0. The minimum atomic E-state index is 0.294. The van der Waals surface area contributed by atoms with E-state index in [1.54, 1.807) is 0 Å². The number of hydrogen-bond donors (Lipinski definition) is 0. The van der Waals surface area contributed by atoms with Crippen LogP contribution in [0.4, 0.5) is 0 Å². The molecule has 20 heavy (non-hydrogen) atoms. The van der Waals surface area contributed by atoms with Crippen LogP contribution in [0.1, 0.15) is 34.1 Å². The lowest BCUT2D eigenvalue weighted by Crippen LogP contribution is -2.18. The lowest BCUT2D eigenvalue weighted by Gasteiger charge is -2.18. The van der Waals surface area contributed by atoms with Gasteiger partial charge in [-0.15, -0.1) is 0 Å². The van der Waals surface area contributed by atoms with Gasteiger partial charge in [0, 0.05) is 0 Å². The molecular weight excluding hydrogens is 248 g/mol. The maximum absolute atomic E-state index is 5.64. The Morgan fingerprint density at radius 2 is 1.80 bits per heavy atom. The van der Waals surface area contributed by atoms with E-state index < -0.39 is 0 Å². The summed E-state index contributed by atoms with van der Waals surface area (Å²) in [5.74, 6) is 2.20. The van der Waals surface area contributed by atoms with Crippen molar-refractivity contribution >= 4 is 0 Å². The van der Waals surface area contributed by atoms with Crippen LogP contribution in [0, 0.1) is 17.8 Å². The van der Waals surface area contributed by atoms with E-state index >= 15 is 0 Å². The van der Waals surface area contributed by atoms with Gasteiger partial charge in [0.05, 0.1) is 24.4 Å². The van der Waals surface area contributed by atoms with Gasteiger partial charge in [0.15, 0.2) is 0 Å². The number of hydrogen-bond acceptors (Lipinski definition) is 2. The summed E-state index contributed by atoms with van der Waals surface area (Å²) in [5.41, 5.74) is 1.45. The zero-order valence-electron chi connectivity index (χ0n) is 13.0. The van der Waals surface area contributed by atoms with Crippen LogP contribution in [0.2, 0.25) is 0 Å². The fraction of sp³-hybridized carbons (Fsp3) is 0.667. The zero-order chi connectivity index (χ0) is 14.3. The molecule has 0 aromatic carbocycles. The topological polar surface area (TPSA) is 18.5 Å². The number of rotatable bonds is 2. The number of ether oxygens (including phenoxy) is 2. The highest BCUT2D eigenvalue weighted by atomic mass is 16.5. The van der Waals surface area contributed by atoms with Gasteiger partial charge >= 0.3 is 0 Å². The Labute approximate surface area is 122 Å². The van der Waals surface area contributed by atoms with Gasteiger partial charge in [-0.1, -0.05) is 52.0 Å². The maximum atomic E-state index is 5.64. The third kappa shape index (κ3) is 2.64. The molecule has 4 aliphatic heterocycles. The van der Waals surface area contributed by atoms with Crippen LogP contribution < -0.4 is 0 Å². The molecule has 0 spiro atoms. The van der Waals surface area contributed by atoms with Crippen molar-refractivity contribution in [3.63, 3.8) is 0 Å². The first kappa shape index (κ1) is 14.1. The molecule has 5 atom stereocenters.